The summed E-state index contributed by atoms with van der Waals surface area (Å²) in [7, 11) is 1.87. The van der Waals surface area contributed by atoms with Crippen molar-refractivity contribution in [2.45, 2.75) is 13.8 Å². The van der Waals surface area contributed by atoms with E-state index in [9.17, 15) is 0 Å². The van der Waals surface area contributed by atoms with Crippen molar-refractivity contribution in [1.29, 1.82) is 0 Å². The minimum Gasteiger partial charge on any atom is -0.373 e. The molecule has 4 heteroatoms. The molecule has 0 saturated heterocycles. The second kappa shape index (κ2) is 6.82. The second-order valence-corrected chi connectivity index (χ2v) is 5.94. The van der Waals surface area contributed by atoms with Crippen molar-refractivity contribution < 1.29 is 0 Å². The van der Waals surface area contributed by atoms with Crippen LogP contribution in [0, 0.1) is 0 Å². The molecule has 2 nitrogen and oxygen atoms in total. The van der Waals surface area contributed by atoms with Gasteiger partial charge in [-0.05, 0) is 36.9 Å². The van der Waals surface area contributed by atoms with Crippen LogP contribution in [0.2, 0.25) is 0 Å². The van der Waals surface area contributed by atoms with Crippen molar-refractivity contribution in [3.8, 4) is 0 Å². The van der Waals surface area contributed by atoms with Gasteiger partial charge in [-0.25, -0.2) is 4.98 Å². The third-order valence-electron chi connectivity index (χ3n) is 2.96. The normalized spacial score (nSPS) is 12.8. The van der Waals surface area contributed by atoms with E-state index in [0.29, 0.717) is 0 Å². The Labute approximate surface area is 128 Å². The van der Waals surface area contributed by atoms with Crippen LogP contribution < -0.4 is 5.32 Å². The first-order chi connectivity index (χ1) is 9.67. The molecule has 1 N–H and O–H groups in total. The summed E-state index contributed by atoms with van der Waals surface area (Å²) < 4.78 is 0.781. The standard InChI is InChI=1S/C16H17ClN2S/c1-4-14(20-15(17)5-2)11-6-7-12-10-19-16(18-3)9-13(12)8-11/h4-10H,1-3H3,(H,18,19)/b14-4+,15-5-. The van der Waals surface area contributed by atoms with Crippen LogP contribution in [0.4, 0.5) is 5.82 Å². The maximum atomic E-state index is 6.12. The van der Waals surface area contributed by atoms with Crippen LogP contribution in [0.1, 0.15) is 19.4 Å². The Kier molecular flexibility index (Phi) is 5.10. The fraction of sp³-hybridized carbons (Fsp3) is 0.188. The number of benzene rings is 1. The number of hydrogen-bond donors (Lipinski definition) is 1. The molecule has 0 radical (unpaired) electrons. The topological polar surface area (TPSA) is 24.9 Å². The number of nitrogens with zero attached hydrogens (tertiary/aromatic N) is 1. The number of allylic oxidation sites excluding steroid dienone is 2. The number of pyridine rings is 1. The van der Waals surface area contributed by atoms with Gasteiger partial charge in [-0.15, -0.1) is 0 Å². The molecule has 104 valence electrons. The number of nitrogens with one attached hydrogen (secondary N) is 1. The second-order valence-electron chi connectivity index (χ2n) is 4.23. The molecular weight excluding hydrogens is 288 g/mol. The fourth-order valence-corrected chi connectivity index (χ4v) is 2.82. The van der Waals surface area contributed by atoms with E-state index in [1.165, 1.54) is 10.9 Å². The minimum atomic E-state index is 0.781. The van der Waals surface area contributed by atoms with Gasteiger partial charge >= 0.3 is 0 Å². The minimum absolute atomic E-state index is 0.781. The number of halogens is 1. The molecule has 0 spiro atoms. The SMILES string of the molecule is C/C=C(/Cl)S/C(=C/C)c1ccc2cnc(NC)cc2c1. The quantitative estimate of drug-likeness (QED) is 0.810. The van der Waals surface area contributed by atoms with E-state index >= 15 is 0 Å². The molecule has 0 amide bonds. The number of fused-ring (bicyclic) bond motifs is 1. The predicted octanol–water partition coefficient (Wildman–Crippen LogP) is 5.47. The van der Waals surface area contributed by atoms with Gasteiger partial charge in [0.15, 0.2) is 0 Å². The molecule has 0 aliphatic carbocycles. The number of rotatable bonds is 4. The highest BCUT2D eigenvalue weighted by Gasteiger charge is 2.05. The van der Waals surface area contributed by atoms with Crippen molar-refractivity contribution in [2.24, 2.45) is 0 Å². The zero-order valence-electron chi connectivity index (χ0n) is 11.8. The molecule has 2 aromatic rings. The van der Waals surface area contributed by atoms with E-state index in [4.69, 9.17) is 11.6 Å². The van der Waals surface area contributed by atoms with Crippen molar-refractivity contribution in [1.82, 2.24) is 4.98 Å². The first-order valence-corrected chi connectivity index (χ1v) is 7.61. The van der Waals surface area contributed by atoms with E-state index in [0.717, 1.165) is 20.5 Å². The summed E-state index contributed by atoms with van der Waals surface area (Å²) in [4.78, 5) is 5.47. The lowest BCUT2D eigenvalue weighted by Crippen LogP contribution is -1.91. The first kappa shape index (κ1) is 14.9. The maximum absolute atomic E-state index is 6.12. The van der Waals surface area contributed by atoms with Crippen LogP contribution in [-0.2, 0) is 0 Å². The zero-order chi connectivity index (χ0) is 14.5. The van der Waals surface area contributed by atoms with Crippen molar-refractivity contribution >= 4 is 44.9 Å². The van der Waals surface area contributed by atoms with Gasteiger partial charge in [0.25, 0.3) is 0 Å². The van der Waals surface area contributed by atoms with Gasteiger partial charge in [0.2, 0.25) is 0 Å². The third kappa shape index (κ3) is 3.35. The number of hydrogen-bond acceptors (Lipinski definition) is 3. The van der Waals surface area contributed by atoms with E-state index < -0.39 is 0 Å². The van der Waals surface area contributed by atoms with E-state index in [-0.39, 0.29) is 0 Å². The molecule has 2 rings (SSSR count). The molecule has 1 aromatic carbocycles. The maximum Gasteiger partial charge on any atom is 0.126 e. The number of aromatic nitrogens is 1. The lowest BCUT2D eigenvalue weighted by atomic mass is 10.1. The summed E-state index contributed by atoms with van der Waals surface area (Å²) in [6, 6.07) is 8.41. The number of thioether (sulfide) groups is 1. The van der Waals surface area contributed by atoms with Gasteiger partial charge < -0.3 is 5.32 Å². The highest BCUT2D eigenvalue weighted by Crippen LogP contribution is 2.36. The Hall–Kier alpha value is -1.45. The summed E-state index contributed by atoms with van der Waals surface area (Å²) in [5, 5.41) is 5.36. The summed E-state index contributed by atoms with van der Waals surface area (Å²) in [6.45, 7) is 3.96. The van der Waals surface area contributed by atoms with Gasteiger partial charge in [0, 0.05) is 23.5 Å². The number of anilines is 1. The Balaban J connectivity index is 2.43. The van der Waals surface area contributed by atoms with Crippen molar-refractivity contribution in [3.05, 3.63) is 52.5 Å². The predicted molar refractivity (Wildman–Crippen MR) is 92.1 cm³/mol. The molecule has 20 heavy (non-hydrogen) atoms. The molecule has 0 aliphatic heterocycles. The van der Waals surface area contributed by atoms with Gasteiger partial charge in [0.05, 0.1) is 4.36 Å². The van der Waals surface area contributed by atoms with Gasteiger partial charge in [-0.3, -0.25) is 0 Å². The molecule has 0 unspecified atom stereocenters. The Bertz CT molecular complexity index is 677. The Morgan fingerprint density at radius 1 is 1.20 bits per heavy atom. The largest absolute Gasteiger partial charge is 0.373 e. The van der Waals surface area contributed by atoms with Crippen LogP contribution >= 0.6 is 23.4 Å². The smallest absolute Gasteiger partial charge is 0.126 e. The summed E-state index contributed by atoms with van der Waals surface area (Å²) >= 11 is 7.69. The molecule has 0 bridgehead atoms. The van der Waals surface area contributed by atoms with Crippen LogP contribution in [0.5, 0.6) is 0 Å². The lowest BCUT2D eigenvalue weighted by molar-refractivity contribution is 1.31. The average Bonchev–Trinajstić information content (AvgIpc) is 2.51. The van der Waals surface area contributed by atoms with E-state index in [2.05, 4.69) is 34.6 Å². The lowest BCUT2D eigenvalue weighted by Gasteiger charge is -2.08. The summed E-state index contributed by atoms with van der Waals surface area (Å²) in [6.07, 6.45) is 5.87. The van der Waals surface area contributed by atoms with Gasteiger partial charge in [-0.1, -0.05) is 47.6 Å². The molecule has 1 heterocycles. The molecular formula is C16H17ClN2S. The van der Waals surface area contributed by atoms with Gasteiger partial charge in [0.1, 0.15) is 5.82 Å². The van der Waals surface area contributed by atoms with Crippen molar-refractivity contribution in [3.63, 3.8) is 0 Å². The molecule has 1 aromatic heterocycles. The van der Waals surface area contributed by atoms with Crippen LogP contribution in [-0.4, -0.2) is 12.0 Å². The fourth-order valence-electron chi connectivity index (χ4n) is 1.88. The van der Waals surface area contributed by atoms with Crippen LogP contribution in [0.25, 0.3) is 15.7 Å². The zero-order valence-corrected chi connectivity index (χ0v) is 13.3. The average molecular weight is 305 g/mol. The summed E-state index contributed by atoms with van der Waals surface area (Å²) in [5.74, 6) is 0.871. The summed E-state index contributed by atoms with van der Waals surface area (Å²) in [5.41, 5.74) is 1.17. The van der Waals surface area contributed by atoms with Crippen LogP contribution in [0.3, 0.4) is 0 Å². The highest BCUT2D eigenvalue weighted by atomic mass is 35.5. The van der Waals surface area contributed by atoms with E-state index in [1.54, 1.807) is 11.8 Å². The monoisotopic (exact) mass is 304 g/mol. The molecule has 0 aliphatic rings. The van der Waals surface area contributed by atoms with E-state index in [1.807, 2.05) is 39.2 Å². The first-order valence-electron chi connectivity index (χ1n) is 6.42. The molecule has 0 fully saturated rings. The Morgan fingerprint density at radius 3 is 2.65 bits per heavy atom. The Morgan fingerprint density at radius 2 is 2.00 bits per heavy atom. The van der Waals surface area contributed by atoms with Crippen molar-refractivity contribution in [2.75, 3.05) is 12.4 Å². The molecule has 0 saturated carbocycles. The molecule has 0 atom stereocenters. The van der Waals surface area contributed by atoms with Gasteiger partial charge in [-0.2, -0.15) is 0 Å². The highest BCUT2D eigenvalue weighted by molar-refractivity contribution is 8.13. The third-order valence-corrected chi connectivity index (χ3v) is 4.53. The van der Waals surface area contributed by atoms with Crippen LogP contribution in [0.15, 0.2) is 47.0 Å².